The first-order chi connectivity index (χ1) is 15.7. The topological polar surface area (TPSA) is 0 Å². The molecule has 1 aliphatic rings. The normalized spacial score (nSPS) is 18.8. The lowest BCUT2D eigenvalue weighted by molar-refractivity contribution is 0.303. The Hall–Kier alpha value is -2.08. The molecule has 0 nitrogen and oxygen atoms in total. The SMILES string of the molecule is CCCCCC1CCC(c2ccc(CCc3ccc4cc(CCC)ccc4c3)cc2)CC1. The predicted molar refractivity (Wildman–Crippen MR) is 141 cm³/mol. The smallest absolute Gasteiger partial charge is 0.0162 e. The van der Waals surface area contributed by atoms with Gasteiger partial charge in [0.1, 0.15) is 0 Å². The van der Waals surface area contributed by atoms with Gasteiger partial charge in [0.2, 0.25) is 0 Å². The van der Waals surface area contributed by atoms with Gasteiger partial charge >= 0.3 is 0 Å². The highest BCUT2D eigenvalue weighted by Crippen LogP contribution is 2.37. The fourth-order valence-corrected chi connectivity index (χ4v) is 5.66. The molecule has 4 rings (SSSR count). The molecular weight excluding hydrogens is 384 g/mol. The van der Waals surface area contributed by atoms with Gasteiger partial charge in [0.25, 0.3) is 0 Å². The number of aryl methyl sites for hydroxylation is 3. The van der Waals surface area contributed by atoms with Crippen LogP contribution in [0.25, 0.3) is 10.8 Å². The third-order valence-corrected chi connectivity index (χ3v) is 7.72. The summed E-state index contributed by atoms with van der Waals surface area (Å²) in [5.74, 6) is 1.79. The monoisotopic (exact) mass is 426 g/mol. The molecule has 1 saturated carbocycles. The van der Waals surface area contributed by atoms with Gasteiger partial charge in [0, 0.05) is 0 Å². The molecule has 1 fully saturated rings. The van der Waals surface area contributed by atoms with Crippen LogP contribution >= 0.6 is 0 Å². The number of hydrogen-bond acceptors (Lipinski definition) is 0. The van der Waals surface area contributed by atoms with E-state index in [2.05, 4.69) is 74.5 Å². The van der Waals surface area contributed by atoms with Crippen LogP contribution in [0.3, 0.4) is 0 Å². The molecule has 1 aliphatic carbocycles. The highest BCUT2D eigenvalue weighted by atomic mass is 14.3. The first-order valence-electron chi connectivity index (χ1n) is 13.4. The molecule has 0 amide bonds. The molecule has 0 aromatic heterocycles. The van der Waals surface area contributed by atoms with Gasteiger partial charge in [-0.1, -0.05) is 107 Å². The van der Waals surface area contributed by atoms with Crippen molar-refractivity contribution in [3.63, 3.8) is 0 Å². The Kier molecular flexibility index (Phi) is 8.43. The van der Waals surface area contributed by atoms with Gasteiger partial charge in [0.05, 0.1) is 0 Å². The minimum absolute atomic E-state index is 0.796. The lowest BCUT2D eigenvalue weighted by atomic mass is 9.77. The Balaban J connectivity index is 1.28. The lowest BCUT2D eigenvalue weighted by Gasteiger charge is -2.29. The summed E-state index contributed by atoms with van der Waals surface area (Å²) in [6.45, 7) is 4.56. The van der Waals surface area contributed by atoms with Crippen LogP contribution in [0, 0.1) is 5.92 Å². The Morgan fingerprint density at radius 3 is 1.81 bits per heavy atom. The summed E-state index contributed by atoms with van der Waals surface area (Å²) in [4.78, 5) is 0. The van der Waals surface area contributed by atoms with Crippen LogP contribution in [0.2, 0.25) is 0 Å². The van der Waals surface area contributed by atoms with Crippen LogP contribution in [-0.4, -0.2) is 0 Å². The zero-order valence-corrected chi connectivity index (χ0v) is 20.4. The molecule has 0 saturated heterocycles. The molecule has 3 aromatic carbocycles. The summed E-state index contributed by atoms with van der Waals surface area (Å²) in [5, 5.41) is 2.76. The first-order valence-corrected chi connectivity index (χ1v) is 13.4. The van der Waals surface area contributed by atoms with Crippen molar-refractivity contribution in [3.05, 3.63) is 82.9 Å². The maximum atomic E-state index is 2.42. The second-order valence-corrected chi connectivity index (χ2v) is 10.2. The van der Waals surface area contributed by atoms with Crippen molar-refractivity contribution in [3.8, 4) is 0 Å². The number of hydrogen-bond donors (Lipinski definition) is 0. The zero-order valence-electron chi connectivity index (χ0n) is 20.4. The number of rotatable bonds is 10. The average molecular weight is 427 g/mol. The first kappa shape index (κ1) is 23.1. The van der Waals surface area contributed by atoms with Crippen LogP contribution in [0.15, 0.2) is 60.7 Å². The van der Waals surface area contributed by atoms with E-state index in [9.17, 15) is 0 Å². The summed E-state index contributed by atoms with van der Waals surface area (Å²) in [7, 11) is 0. The Labute approximate surface area is 196 Å². The van der Waals surface area contributed by atoms with Crippen LogP contribution in [0.4, 0.5) is 0 Å². The summed E-state index contributed by atoms with van der Waals surface area (Å²) in [6.07, 6.45) is 16.0. The largest absolute Gasteiger partial charge is 0.0654 e. The Morgan fingerprint density at radius 2 is 1.19 bits per heavy atom. The zero-order chi connectivity index (χ0) is 22.2. The van der Waals surface area contributed by atoms with Gasteiger partial charge < -0.3 is 0 Å². The molecule has 170 valence electrons. The summed E-state index contributed by atoms with van der Waals surface area (Å²) < 4.78 is 0. The van der Waals surface area contributed by atoms with E-state index in [4.69, 9.17) is 0 Å². The lowest BCUT2D eigenvalue weighted by Crippen LogP contribution is -2.13. The van der Waals surface area contributed by atoms with E-state index < -0.39 is 0 Å². The van der Waals surface area contributed by atoms with Crippen molar-refractivity contribution in [2.24, 2.45) is 5.92 Å². The van der Waals surface area contributed by atoms with Crippen molar-refractivity contribution in [1.82, 2.24) is 0 Å². The molecule has 0 unspecified atom stereocenters. The van der Waals surface area contributed by atoms with E-state index in [-0.39, 0.29) is 0 Å². The van der Waals surface area contributed by atoms with Crippen molar-refractivity contribution in [2.45, 2.75) is 96.8 Å². The maximum Gasteiger partial charge on any atom is -0.0162 e. The standard InChI is InChI=1S/C32H42/c1-3-5-6-8-25-11-17-29(18-12-25)30-19-13-26(14-20-30)9-10-28-16-22-31-23-27(7-4-2)15-21-32(31)24-28/h13-16,19-25,29H,3-12,17-18H2,1-2H3. The summed E-state index contributed by atoms with van der Waals surface area (Å²) in [5.41, 5.74) is 5.96. The van der Waals surface area contributed by atoms with Crippen molar-refractivity contribution < 1.29 is 0 Å². The van der Waals surface area contributed by atoms with E-state index in [0.717, 1.165) is 24.7 Å². The quantitative estimate of drug-likeness (QED) is 0.283. The molecule has 0 N–H and O–H groups in total. The molecule has 0 atom stereocenters. The maximum absolute atomic E-state index is 2.42. The van der Waals surface area contributed by atoms with Crippen LogP contribution < -0.4 is 0 Å². The van der Waals surface area contributed by atoms with E-state index >= 15 is 0 Å². The molecule has 0 heterocycles. The highest BCUT2D eigenvalue weighted by molar-refractivity contribution is 5.83. The van der Waals surface area contributed by atoms with Crippen molar-refractivity contribution in [1.29, 1.82) is 0 Å². The third-order valence-electron chi connectivity index (χ3n) is 7.72. The van der Waals surface area contributed by atoms with Gasteiger partial charge in [0.15, 0.2) is 0 Å². The van der Waals surface area contributed by atoms with E-state index in [0.29, 0.717) is 0 Å². The molecule has 0 heteroatoms. The van der Waals surface area contributed by atoms with Crippen molar-refractivity contribution in [2.75, 3.05) is 0 Å². The van der Waals surface area contributed by atoms with E-state index in [1.165, 1.54) is 91.7 Å². The molecule has 0 bridgehead atoms. The Morgan fingerprint density at radius 1 is 0.594 bits per heavy atom. The van der Waals surface area contributed by atoms with Crippen LogP contribution in [0.1, 0.15) is 99.8 Å². The summed E-state index contributed by atoms with van der Waals surface area (Å²) >= 11 is 0. The molecule has 0 radical (unpaired) electrons. The van der Waals surface area contributed by atoms with Gasteiger partial charge in [-0.15, -0.1) is 0 Å². The fraction of sp³-hybridized carbons (Fsp3) is 0.500. The van der Waals surface area contributed by atoms with Gasteiger partial charge in [-0.2, -0.15) is 0 Å². The molecule has 0 aliphatic heterocycles. The van der Waals surface area contributed by atoms with Gasteiger partial charge in [-0.3, -0.25) is 0 Å². The van der Waals surface area contributed by atoms with Crippen LogP contribution in [0.5, 0.6) is 0 Å². The predicted octanol–water partition coefficient (Wildman–Crippen LogP) is 9.43. The number of unbranched alkanes of at least 4 members (excludes halogenated alkanes) is 2. The Bertz CT molecular complexity index is 957. The molecular formula is C32H42. The molecule has 0 spiro atoms. The minimum Gasteiger partial charge on any atom is -0.0654 e. The average Bonchev–Trinajstić information content (AvgIpc) is 2.84. The summed E-state index contributed by atoms with van der Waals surface area (Å²) in [6, 6.07) is 23.6. The molecule has 32 heavy (non-hydrogen) atoms. The highest BCUT2D eigenvalue weighted by Gasteiger charge is 2.21. The third kappa shape index (κ3) is 6.25. The minimum atomic E-state index is 0.796. The van der Waals surface area contributed by atoms with Gasteiger partial charge in [-0.25, -0.2) is 0 Å². The second-order valence-electron chi connectivity index (χ2n) is 10.2. The second kappa shape index (κ2) is 11.7. The number of fused-ring (bicyclic) bond motifs is 1. The van der Waals surface area contributed by atoms with E-state index in [1.807, 2.05) is 0 Å². The van der Waals surface area contributed by atoms with E-state index in [1.54, 1.807) is 5.56 Å². The number of benzene rings is 3. The fourth-order valence-electron chi connectivity index (χ4n) is 5.66. The van der Waals surface area contributed by atoms with Crippen molar-refractivity contribution >= 4 is 10.8 Å². The molecule has 3 aromatic rings. The van der Waals surface area contributed by atoms with Crippen LogP contribution in [-0.2, 0) is 19.3 Å². The van der Waals surface area contributed by atoms with Gasteiger partial charge in [-0.05, 0) is 89.8 Å².